The molecule has 3 rings (SSSR count). The molecule has 1 aliphatic rings. The molecule has 8 nitrogen and oxygen atoms in total. The van der Waals surface area contributed by atoms with Crippen LogP contribution in [0.4, 0.5) is 16.2 Å². The van der Waals surface area contributed by atoms with E-state index >= 15 is 0 Å². The van der Waals surface area contributed by atoms with Gasteiger partial charge in [0.05, 0.1) is 25.6 Å². The topological polar surface area (TPSA) is 97.0 Å². The lowest BCUT2D eigenvalue weighted by Crippen LogP contribution is -2.59. The first kappa shape index (κ1) is 20.2. The standard InChI is InChI=1S/C20H18ClN3O5/c1-11(22-15-10-14(28-2)8-9-16(15)29-3)17-18(25)23-20(27)24(19(17)26)13-6-4-12(21)5-7-13/h4-10,17,22H,1H2,2-3H3,(H,23,25,27)/t17-/m1/s1. The number of carbonyl (C=O) groups is 3. The lowest BCUT2D eigenvalue weighted by molar-refractivity contribution is -0.132. The number of nitrogens with one attached hydrogen (secondary N) is 2. The molecule has 9 heteroatoms. The van der Waals surface area contributed by atoms with Crippen molar-refractivity contribution >= 4 is 40.8 Å². The van der Waals surface area contributed by atoms with Crippen LogP contribution in [-0.4, -0.2) is 32.1 Å². The summed E-state index contributed by atoms with van der Waals surface area (Å²) in [6.07, 6.45) is 0. The van der Waals surface area contributed by atoms with Crippen molar-refractivity contribution in [1.82, 2.24) is 5.32 Å². The molecule has 1 atom stereocenters. The Morgan fingerprint density at radius 3 is 2.41 bits per heavy atom. The predicted molar refractivity (Wildman–Crippen MR) is 108 cm³/mol. The Kier molecular flexibility index (Phi) is 5.74. The third-order valence-electron chi connectivity index (χ3n) is 4.30. The number of rotatable bonds is 6. The summed E-state index contributed by atoms with van der Waals surface area (Å²) >= 11 is 5.86. The summed E-state index contributed by atoms with van der Waals surface area (Å²) < 4.78 is 10.5. The quantitative estimate of drug-likeness (QED) is 0.703. The monoisotopic (exact) mass is 415 g/mol. The summed E-state index contributed by atoms with van der Waals surface area (Å²) in [5, 5.41) is 5.55. The number of ether oxygens (including phenoxy) is 2. The smallest absolute Gasteiger partial charge is 0.335 e. The van der Waals surface area contributed by atoms with Gasteiger partial charge in [-0.25, -0.2) is 9.69 Å². The molecule has 1 heterocycles. The Bertz CT molecular complexity index is 990. The maximum atomic E-state index is 13.0. The largest absolute Gasteiger partial charge is 0.497 e. The second-order valence-electron chi connectivity index (χ2n) is 6.09. The Labute approximate surface area is 172 Å². The van der Waals surface area contributed by atoms with Crippen LogP contribution in [0.25, 0.3) is 0 Å². The zero-order valence-electron chi connectivity index (χ0n) is 15.7. The molecule has 150 valence electrons. The minimum absolute atomic E-state index is 0.0746. The molecule has 1 fully saturated rings. The van der Waals surface area contributed by atoms with Gasteiger partial charge in [-0.1, -0.05) is 18.2 Å². The summed E-state index contributed by atoms with van der Waals surface area (Å²) in [4.78, 5) is 38.5. The predicted octanol–water partition coefficient (Wildman–Crippen LogP) is 3.18. The van der Waals surface area contributed by atoms with E-state index in [1.807, 2.05) is 0 Å². The molecule has 0 spiro atoms. The molecule has 2 aromatic carbocycles. The number of methoxy groups -OCH3 is 2. The molecule has 1 aliphatic heterocycles. The van der Waals surface area contributed by atoms with Crippen LogP contribution in [-0.2, 0) is 9.59 Å². The van der Waals surface area contributed by atoms with Gasteiger partial charge in [0.25, 0.3) is 5.91 Å². The van der Waals surface area contributed by atoms with Crippen LogP contribution in [0.5, 0.6) is 11.5 Å². The molecular weight excluding hydrogens is 398 g/mol. The van der Waals surface area contributed by atoms with Gasteiger partial charge in [0, 0.05) is 16.8 Å². The zero-order valence-corrected chi connectivity index (χ0v) is 16.4. The fourth-order valence-corrected chi connectivity index (χ4v) is 3.00. The summed E-state index contributed by atoms with van der Waals surface area (Å²) in [5.41, 5.74) is 0.805. The van der Waals surface area contributed by atoms with Gasteiger partial charge < -0.3 is 14.8 Å². The fourth-order valence-electron chi connectivity index (χ4n) is 2.87. The number of imide groups is 2. The van der Waals surface area contributed by atoms with Gasteiger partial charge in [-0.05, 0) is 36.4 Å². The van der Waals surface area contributed by atoms with E-state index in [9.17, 15) is 14.4 Å². The number of nitrogens with zero attached hydrogens (tertiary/aromatic N) is 1. The van der Waals surface area contributed by atoms with Crippen molar-refractivity contribution in [3.8, 4) is 11.5 Å². The molecule has 2 aromatic rings. The normalized spacial score (nSPS) is 16.3. The van der Waals surface area contributed by atoms with Crippen molar-refractivity contribution in [2.75, 3.05) is 24.4 Å². The van der Waals surface area contributed by atoms with Gasteiger partial charge in [-0.15, -0.1) is 0 Å². The van der Waals surface area contributed by atoms with Crippen LogP contribution < -0.4 is 25.0 Å². The van der Waals surface area contributed by atoms with Gasteiger partial charge in [-0.2, -0.15) is 0 Å². The van der Waals surface area contributed by atoms with Crippen LogP contribution in [0, 0.1) is 5.92 Å². The molecular formula is C20H18ClN3O5. The first-order chi connectivity index (χ1) is 13.8. The van der Waals surface area contributed by atoms with Crippen molar-refractivity contribution in [1.29, 1.82) is 0 Å². The number of barbiturate groups is 1. The molecule has 0 saturated carbocycles. The second-order valence-corrected chi connectivity index (χ2v) is 6.53. The summed E-state index contributed by atoms with van der Waals surface area (Å²) in [6.45, 7) is 3.82. The Hall–Kier alpha value is -3.52. The van der Waals surface area contributed by atoms with Crippen LogP contribution in [0.15, 0.2) is 54.7 Å². The molecule has 4 amide bonds. The van der Waals surface area contributed by atoms with Gasteiger partial charge in [0.2, 0.25) is 5.91 Å². The fraction of sp³-hybridized carbons (Fsp3) is 0.150. The molecule has 0 unspecified atom stereocenters. The highest BCUT2D eigenvalue weighted by Crippen LogP contribution is 2.32. The molecule has 2 N–H and O–H groups in total. The van der Waals surface area contributed by atoms with Crippen LogP contribution in [0.3, 0.4) is 0 Å². The lowest BCUT2D eigenvalue weighted by atomic mass is 10.0. The van der Waals surface area contributed by atoms with Gasteiger partial charge in [0.1, 0.15) is 11.5 Å². The highest BCUT2D eigenvalue weighted by atomic mass is 35.5. The maximum Gasteiger partial charge on any atom is 0.335 e. The van der Waals surface area contributed by atoms with Crippen molar-refractivity contribution in [3.63, 3.8) is 0 Å². The van der Waals surface area contributed by atoms with E-state index in [4.69, 9.17) is 21.1 Å². The molecule has 1 saturated heterocycles. The van der Waals surface area contributed by atoms with Crippen LogP contribution in [0.1, 0.15) is 0 Å². The first-order valence-electron chi connectivity index (χ1n) is 8.48. The Balaban J connectivity index is 1.90. The number of anilines is 2. The SMILES string of the molecule is C=C(Nc1cc(OC)ccc1OC)[C@@H]1C(=O)NC(=O)N(c2ccc(Cl)cc2)C1=O. The van der Waals surface area contributed by atoms with E-state index in [0.717, 1.165) is 4.90 Å². The van der Waals surface area contributed by atoms with Crippen molar-refractivity contribution in [2.24, 2.45) is 5.92 Å². The Morgan fingerprint density at radius 2 is 1.79 bits per heavy atom. The van der Waals surface area contributed by atoms with Crippen LogP contribution in [0.2, 0.25) is 5.02 Å². The second kappa shape index (κ2) is 8.24. The highest BCUT2D eigenvalue weighted by molar-refractivity contribution is 6.31. The molecule has 0 radical (unpaired) electrons. The zero-order chi connectivity index (χ0) is 21.1. The number of carbonyl (C=O) groups excluding carboxylic acids is 3. The molecule has 0 bridgehead atoms. The highest BCUT2D eigenvalue weighted by Gasteiger charge is 2.43. The molecule has 0 aliphatic carbocycles. The average Bonchev–Trinajstić information content (AvgIpc) is 2.69. The van der Waals surface area contributed by atoms with E-state index in [-0.39, 0.29) is 11.4 Å². The van der Waals surface area contributed by atoms with Crippen molar-refractivity contribution in [2.45, 2.75) is 0 Å². The number of hydrogen-bond acceptors (Lipinski definition) is 6. The summed E-state index contributed by atoms with van der Waals surface area (Å²) in [7, 11) is 2.99. The van der Waals surface area contributed by atoms with Crippen molar-refractivity contribution in [3.05, 3.63) is 59.8 Å². The third-order valence-corrected chi connectivity index (χ3v) is 4.55. The Morgan fingerprint density at radius 1 is 1.10 bits per heavy atom. The summed E-state index contributed by atoms with van der Waals surface area (Å²) in [6, 6.07) is 10.3. The van der Waals surface area contributed by atoms with E-state index in [1.165, 1.54) is 38.5 Å². The number of halogens is 1. The van der Waals surface area contributed by atoms with Crippen molar-refractivity contribution < 1.29 is 23.9 Å². The van der Waals surface area contributed by atoms with Gasteiger partial charge in [-0.3, -0.25) is 14.9 Å². The average molecular weight is 416 g/mol. The maximum absolute atomic E-state index is 13.0. The summed E-state index contributed by atoms with van der Waals surface area (Å²) in [5.74, 6) is -1.84. The number of amides is 4. The van der Waals surface area contributed by atoms with Crippen LogP contribution >= 0.6 is 11.6 Å². The number of hydrogen-bond donors (Lipinski definition) is 2. The first-order valence-corrected chi connectivity index (χ1v) is 8.85. The van der Waals surface area contributed by atoms with E-state index < -0.39 is 23.8 Å². The number of benzene rings is 2. The molecule has 29 heavy (non-hydrogen) atoms. The van der Waals surface area contributed by atoms with E-state index in [0.29, 0.717) is 22.2 Å². The van der Waals surface area contributed by atoms with E-state index in [2.05, 4.69) is 17.2 Å². The lowest BCUT2D eigenvalue weighted by Gasteiger charge is -2.31. The van der Waals surface area contributed by atoms with Gasteiger partial charge in [0.15, 0.2) is 5.92 Å². The minimum atomic E-state index is -1.33. The molecule has 0 aromatic heterocycles. The van der Waals surface area contributed by atoms with Gasteiger partial charge >= 0.3 is 6.03 Å². The third kappa shape index (κ3) is 4.02. The van der Waals surface area contributed by atoms with E-state index in [1.54, 1.807) is 18.2 Å². The minimum Gasteiger partial charge on any atom is -0.497 e. The number of urea groups is 1.